The maximum atomic E-state index is 12.0. The average molecular weight is 365 g/mol. The molecule has 2 unspecified atom stereocenters. The van der Waals surface area contributed by atoms with Crippen LogP contribution in [0.4, 0.5) is 5.82 Å². The monoisotopic (exact) mass is 363 g/mol. The number of amides is 1. The third-order valence-corrected chi connectivity index (χ3v) is 3.59. The highest BCUT2D eigenvalue weighted by Crippen LogP contribution is 2.24. The molecule has 0 bridgehead atoms. The summed E-state index contributed by atoms with van der Waals surface area (Å²) >= 11 is 6.45. The van der Waals surface area contributed by atoms with Gasteiger partial charge in [0.1, 0.15) is 9.21 Å². The Kier molecular flexibility index (Phi) is 4.11. The highest BCUT2D eigenvalue weighted by Gasteiger charge is 2.31. The van der Waals surface area contributed by atoms with Crippen LogP contribution in [0.1, 0.15) is 13.3 Å². The van der Waals surface area contributed by atoms with E-state index in [4.69, 9.17) is 4.74 Å². The van der Waals surface area contributed by atoms with Crippen molar-refractivity contribution in [3.8, 4) is 0 Å². The lowest BCUT2D eigenvalue weighted by molar-refractivity contribution is -0.121. The quantitative estimate of drug-likeness (QED) is 0.874. The smallest absolute Gasteiger partial charge is 0.231 e. The maximum absolute atomic E-state index is 12.0. The Morgan fingerprint density at radius 2 is 2.35 bits per heavy atom. The molecule has 2 heterocycles. The van der Waals surface area contributed by atoms with Gasteiger partial charge in [-0.1, -0.05) is 0 Å². The van der Waals surface area contributed by atoms with E-state index in [1.165, 1.54) is 6.20 Å². The van der Waals surface area contributed by atoms with Crippen molar-refractivity contribution in [1.29, 1.82) is 0 Å². The lowest BCUT2D eigenvalue weighted by Crippen LogP contribution is -2.28. The van der Waals surface area contributed by atoms with E-state index in [0.29, 0.717) is 21.6 Å². The van der Waals surface area contributed by atoms with Crippen molar-refractivity contribution in [2.75, 3.05) is 11.9 Å². The topological polar surface area (TPSA) is 64.1 Å². The van der Waals surface area contributed by atoms with Crippen LogP contribution in [0.3, 0.4) is 0 Å². The van der Waals surface area contributed by atoms with Crippen LogP contribution in [-0.4, -0.2) is 28.6 Å². The third-order valence-electron chi connectivity index (χ3n) is 2.66. The minimum absolute atomic E-state index is 0.0443. The summed E-state index contributed by atoms with van der Waals surface area (Å²) in [5.41, 5.74) is 0. The van der Waals surface area contributed by atoms with E-state index in [2.05, 4.69) is 47.1 Å². The van der Waals surface area contributed by atoms with Gasteiger partial charge in [0.2, 0.25) is 5.91 Å². The second kappa shape index (κ2) is 5.41. The molecule has 1 N–H and O–H groups in total. The molecule has 1 aliphatic heterocycles. The lowest BCUT2D eigenvalue weighted by Gasteiger charge is -2.13. The second-order valence-corrected chi connectivity index (χ2v) is 5.36. The second-order valence-electron chi connectivity index (χ2n) is 3.79. The summed E-state index contributed by atoms with van der Waals surface area (Å²) in [7, 11) is 0. The number of anilines is 1. The number of carbonyl (C=O) groups is 1. The summed E-state index contributed by atoms with van der Waals surface area (Å²) in [5, 5.41) is 2.75. The Bertz CT molecular complexity index is 442. The molecular formula is C10H11Br2N3O2. The predicted octanol–water partition coefficient (Wildman–Crippen LogP) is 2.37. The molecule has 0 spiro atoms. The van der Waals surface area contributed by atoms with Crippen LogP contribution in [0.2, 0.25) is 0 Å². The van der Waals surface area contributed by atoms with Crippen molar-refractivity contribution in [1.82, 2.24) is 9.97 Å². The predicted molar refractivity (Wildman–Crippen MR) is 69.6 cm³/mol. The Labute approximate surface area is 116 Å². The molecule has 2 atom stereocenters. The van der Waals surface area contributed by atoms with Crippen LogP contribution < -0.4 is 5.32 Å². The summed E-state index contributed by atoms with van der Waals surface area (Å²) in [6, 6.07) is 0. The number of nitrogens with one attached hydrogen (secondary N) is 1. The molecule has 0 radical (unpaired) electrons. The molecule has 0 aromatic carbocycles. The highest BCUT2D eigenvalue weighted by molar-refractivity contribution is 9.11. The van der Waals surface area contributed by atoms with Crippen molar-refractivity contribution in [3.05, 3.63) is 15.4 Å². The van der Waals surface area contributed by atoms with Crippen LogP contribution in [0.15, 0.2) is 15.4 Å². The summed E-state index contributed by atoms with van der Waals surface area (Å²) in [4.78, 5) is 20.2. The number of hydrogen-bond acceptors (Lipinski definition) is 4. The van der Waals surface area contributed by atoms with E-state index in [1.54, 1.807) is 0 Å². The van der Waals surface area contributed by atoms with Crippen molar-refractivity contribution < 1.29 is 9.53 Å². The first kappa shape index (κ1) is 12.9. The van der Waals surface area contributed by atoms with Crippen molar-refractivity contribution in [2.24, 2.45) is 5.92 Å². The molecule has 1 fully saturated rings. The van der Waals surface area contributed by atoms with Gasteiger partial charge in [0, 0.05) is 6.61 Å². The van der Waals surface area contributed by atoms with Crippen LogP contribution in [0.25, 0.3) is 0 Å². The molecule has 1 amide bonds. The number of nitrogens with zero attached hydrogens (tertiary/aromatic N) is 2. The Morgan fingerprint density at radius 1 is 1.59 bits per heavy atom. The molecule has 17 heavy (non-hydrogen) atoms. The number of ether oxygens (including phenoxy) is 1. The van der Waals surface area contributed by atoms with Gasteiger partial charge in [-0.3, -0.25) is 4.79 Å². The van der Waals surface area contributed by atoms with Gasteiger partial charge in [-0.15, -0.1) is 0 Å². The first-order valence-electron chi connectivity index (χ1n) is 5.18. The molecule has 1 aromatic rings. The minimum Gasteiger partial charge on any atom is -0.378 e. The Balaban J connectivity index is 2.07. The van der Waals surface area contributed by atoms with Gasteiger partial charge in [-0.2, -0.15) is 0 Å². The zero-order valence-corrected chi connectivity index (χ0v) is 12.3. The van der Waals surface area contributed by atoms with Crippen LogP contribution in [0, 0.1) is 5.92 Å². The van der Waals surface area contributed by atoms with E-state index in [-0.39, 0.29) is 17.9 Å². The van der Waals surface area contributed by atoms with Gasteiger partial charge in [0.05, 0.1) is 18.2 Å². The van der Waals surface area contributed by atoms with Gasteiger partial charge in [-0.25, -0.2) is 9.97 Å². The lowest BCUT2D eigenvalue weighted by atomic mass is 10.0. The van der Waals surface area contributed by atoms with Gasteiger partial charge in [0.15, 0.2) is 5.82 Å². The standard InChI is InChI=1S/C10H11Br2N3O2/c1-5-6(2-3-17-5)10(16)15-9-8(12)14-7(11)4-13-9/h4-6H,2-3H2,1H3,(H,13,15,16). The summed E-state index contributed by atoms with van der Waals surface area (Å²) < 4.78 is 6.47. The Morgan fingerprint density at radius 3 is 2.94 bits per heavy atom. The maximum Gasteiger partial charge on any atom is 0.231 e. The summed E-state index contributed by atoms with van der Waals surface area (Å²) in [5.74, 6) is 0.233. The molecule has 92 valence electrons. The SMILES string of the molecule is CC1OCCC1C(=O)Nc1ncc(Br)nc1Br. The molecule has 0 aliphatic carbocycles. The fraction of sp³-hybridized carbons (Fsp3) is 0.500. The molecular weight excluding hydrogens is 354 g/mol. The number of carbonyl (C=O) groups excluding carboxylic acids is 1. The largest absolute Gasteiger partial charge is 0.378 e. The molecule has 1 aliphatic rings. The number of halogens is 2. The molecule has 1 saturated heterocycles. The summed E-state index contributed by atoms with van der Waals surface area (Å²) in [6.45, 7) is 2.53. The fourth-order valence-corrected chi connectivity index (χ4v) is 2.63. The van der Waals surface area contributed by atoms with Crippen LogP contribution in [-0.2, 0) is 9.53 Å². The van der Waals surface area contributed by atoms with Gasteiger partial charge in [0.25, 0.3) is 0 Å². The van der Waals surface area contributed by atoms with E-state index >= 15 is 0 Å². The molecule has 7 heteroatoms. The first-order chi connectivity index (χ1) is 8.08. The van der Waals surface area contributed by atoms with Gasteiger partial charge >= 0.3 is 0 Å². The zero-order valence-electron chi connectivity index (χ0n) is 9.11. The average Bonchev–Trinajstić information content (AvgIpc) is 2.68. The fourth-order valence-electron chi connectivity index (χ4n) is 1.72. The molecule has 2 rings (SSSR count). The number of hydrogen-bond donors (Lipinski definition) is 1. The third kappa shape index (κ3) is 3.02. The van der Waals surface area contributed by atoms with E-state index in [9.17, 15) is 4.79 Å². The minimum atomic E-state index is -0.118. The van der Waals surface area contributed by atoms with Crippen molar-refractivity contribution in [2.45, 2.75) is 19.4 Å². The van der Waals surface area contributed by atoms with E-state index in [1.807, 2.05) is 6.92 Å². The number of rotatable bonds is 2. The Hall–Kier alpha value is -0.530. The van der Waals surface area contributed by atoms with Crippen LogP contribution in [0.5, 0.6) is 0 Å². The molecule has 0 saturated carbocycles. The zero-order chi connectivity index (χ0) is 12.4. The van der Waals surface area contributed by atoms with Crippen molar-refractivity contribution in [3.63, 3.8) is 0 Å². The van der Waals surface area contributed by atoms with E-state index in [0.717, 1.165) is 6.42 Å². The van der Waals surface area contributed by atoms with Crippen LogP contribution >= 0.6 is 31.9 Å². The molecule has 1 aromatic heterocycles. The first-order valence-corrected chi connectivity index (χ1v) is 6.77. The van der Waals surface area contributed by atoms with Crippen molar-refractivity contribution >= 4 is 43.6 Å². The van der Waals surface area contributed by atoms with Gasteiger partial charge < -0.3 is 10.1 Å². The number of aromatic nitrogens is 2. The van der Waals surface area contributed by atoms with E-state index < -0.39 is 0 Å². The normalized spacial score (nSPS) is 23.7. The molecule has 5 nitrogen and oxygen atoms in total. The highest BCUT2D eigenvalue weighted by atomic mass is 79.9. The summed E-state index contributed by atoms with van der Waals surface area (Å²) in [6.07, 6.45) is 2.24. The van der Waals surface area contributed by atoms with Gasteiger partial charge in [-0.05, 0) is 45.2 Å².